The summed E-state index contributed by atoms with van der Waals surface area (Å²) in [4.78, 5) is 60.1. The average molecular weight is 767 g/mol. The SMILES string of the molecule is CC[C@H](C)[C@@H]([C@@H](CC(=O)N1CCC[C@H]1[C@H](OC)[C@@H](C)C(=O)NS(=O)(=O)Cc1ccc(N)cc1)OC)N(C)C(=O)C(NC(=O)C(C(C)C)N(C)C)C(C)C. The zero-order chi connectivity index (χ0) is 40.4. The van der Waals surface area contributed by atoms with E-state index in [0.29, 0.717) is 37.1 Å². The predicted octanol–water partition coefficient (Wildman–Crippen LogP) is 2.86. The molecule has 0 radical (unpaired) electrons. The normalized spacial score (nSPS) is 19.0. The number of rotatable bonds is 20. The molecule has 1 aromatic carbocycles. The number of benzene rings is 1. The summed E-state index contributed by atoms with van der Waals surface area (Å²) in [6.45, 7) is 13.8. The van der Waals surface area contributed by atoms with Gasteiger partial charge in [0, 0.05) is 33.5 Å². The van der Waals surface area contributed by atoms with Crippen molar-refractivity contribution in [1.82, 2.24) is 24.7 Å². The van der Waals surface area contributed by atoms with Crippen molar-refractivity contribution in [2.75, 3.05) is 47.6 Å². The van der Waals surface area contributed by atoms with Gasteiger partial charge in [0.05, 0.1) is 48.4 Å². The van der Waals surface area contributed by atoms with Crippen LogP contribution < -0.4 is 15.8 Å². The van der Waals surface area contributed by atoms with E-state index in [-0.39, 0.29) is 41.9 Å². The zero-order valence-corrected chi connectivity index (χ0v) is 34.7. The molecule has 14 nitrogen and oxygen atoms in total. The highest BCUT2D eigenvalue weighted by Crippen LogP contribution is 2.30. The van der Waals surface area contributed by atoms with Crippen LogP contribution in [-0.4, -0.2) is 125 Å². The molecular formula is C38H66N6O8S. The summed E-state index contributed by atoms with van der Waals surface area (Å²) in [6, 6.07) is 4.17. The van der Waals surface area contributed by atoms with Crippen LogP contribution in [0.3, 0.4) is 0 Å². The van der Waals surface area contributed by atoms with E-state index in [1.54, 1.807) is 48.0 Å². The lowest BCUT2D eigenvalue weighted by molar-refractivity contribution is -0.148. The van der Waals surface area contributed by atoms with Crippen molar-refractivity contribution in [3.63, 3.8) is 0 Å². The van der Waals surface area contributed by atoms with E-state index in [2.05, 4.69) is 10.0 Å². The number of hydrogen-bond donors (Lipinski definition) is 3. The van der Waals surface area contributed by atoms with E-state index < -0.39 is 64.0 Å². The van der Waals surface area contributed by atoms with Crippen LogP contribution in [0.4, 0.5) is 5.69 Å². The molecular weight excluding hydrogens is 701 g/mol. The molecule has 0 saturated carbocycles. The number of amides is 4. The number of carbonyl (C=O) groups excluding carboxylic acids is 4. The molecule has 1 aliphatic heterocycles. The minimum absolute atomic E-state index is 0.0280. The second-order valence-electron chi connectivity index (χ2n) is 15.4. The fourth-order valence-corrected chi connectivity index (χ4v) is 8.72. The van der Waals surface area contributed by atoms with Crippen LogP contribution in [0.1, 0.15) is 79.7 Å². The molecule has 15 heteroatoms. The fourth-order valence-electron chi connectivity index (χ4n) is 7.53. The number of nitrogens with two attached hydrogens (primary N) is 1. The van der Waals surface area contributed by atoms with E-state index in [1.165, 1.54) is 14.2 Å². The molecule has 0 aromatic heterocycles. The Kier molecular flexibility index (Phi) is 17.7. The van der Waals surface area contributed by atoms with Crippen molar-refractivity contribution < 1.29 is 37.1 Å². The van der Waals surface area contributed by atoms with Gasteiger partial charge in [-0.15, -0.1) is 0 Å². The number of ether oxygens (including phenoxy) is 2. The molecule has 1 fully saturated rings. The molecule has 0 spiro atoms. The van der Waals surface area contributed by atoms with E-state index in [1.807, 2.05) is 60.5 Å². The van der Waals surface area contributed by atoms with Crippen LogP contribution in [0.25, 0.3) is 0 Å². The number of carbonyl (C=O) groups is 4. The summed E-state index contributed by atoms with van der Waals surface area (Å²) in [5, 5.41) is 3.01. The molecule has 8 atom stereocenters. The Morgan fingerprint density at radius 3 is 2.04 bits per heavy atom. The second kappa shape index (κ2) is 20.4. The van der Waals surface area contributed by atoms with Crippen molar-refractivity contribution in [2.24, 2.45) is 23.7 Å². The Labute approximate surface area is 317 Å². The Morgan fingerprint density at radius 2 is 1.55 bits per heavy atom. The Bertz CT molecular complexity index is 1460. The van der Waals surface area contributed by atoms with Gasteiger partial charge in [-0.1, -0.05) is 67.0 Å². The van der Waals surface area contributed by atoms with E-state index in [4.69, 9.17) is 15.2 Å². The van der Waals surface area contributed by atoms with Gasteiger partial charge in [0.2, 0.25) is 33.7 Å². The number of likely N-dealkylation sites (N-methyl/N-ethyl adjacent to an activating group) is 2. The number of nitrogens with zero attached hydrogens (tertiary/aromatic N) is 3. The summed E-state index contributed by atoms with van der Waals surface area (Å²) in [7, 11) is 4.32. The van der Waals surface area contributed by atoms with Gasteiger partial charge < -0.3 is 30.3 Å². The Hall–Kier alpha value is -3.27. The molecule has 53 heavy (non-hydrogen) atoms. The van der Waals surface area contributed by atoms with Crippen molar-refractivity contribution >= 4 is 39.3 Å². The van der Waals surface area contributed by atoms with Crippen molar-refractivity contribution in [3.8, 4) is 0 Å². The number of likely N-dealkylation sites (tertiary alicyclic amines) is 1. The molecule has 1 aromatic rings. The van der Waals surface area contributed by atoms with Gasteiger partial charge in [-0.25, -0.2) is 8.42 Å². The van der Waals surface area contributed by atoms with Crippen LogP contribution >= 0.6 is 0 Å². The highest BCUT2D eigenvalue weighted by molar-refractivity contribution is 7.89. The largest absolute Gasteiger partial charge is 0.399 e. The highest BCUT2D eigenvalue weighted by atomic mass is 32.2. The molecule has 0 bridgehead atoms. The molecule has 1 aliphatic rings. The van der Waals surface area contributed by atoms with E-state index >= 15 is 0 Å². The molecule has 4 N–H and O–H groups in total. The number of hydrogen-bond acceptors (Lipinski definition) is 10. The first-order valence-corrected chi connectivity index (χ1v) is 20.3. The van der Waals surface area contributed by atoms with E-state index in [9.17, 15) is 27.6 Å². The van der Waals surface area contributed by atoms with Crippen LogP contribution in [0.2, 0.25) is 0 Å². The molecule has 0 aliphatic carbocycles. The van der Waals surface area contributed by atoms with Gasteiger partial charge in [0.15, 0.2) is 0 Å². The number of anilines is 1. The predicted molar refractivity (Wildman–Crippen MR) is 207 cm³/mol. The topological polar surface area (TPSA) is 181 Å². The quantitative estimate of drug-likeness (QED) is 0.167. The lowest BCUT2D eigenvalue weighted by Crippen LogP contribution is -2.59. The third kappa shape index (κ3) is 12.4. The van der Waals surface area contributed by atoms with Crippen LogP contribution in [0.15, 0.2) is 24.3 Å². The van der Waals surface area contributed by atoms with Crippen molar-refractivity contribution in [3.05, 3.63) is 29.8 Å². The van der Waals surface area contributed by atoms with Gasteiger partial charge in [-0.2, -0.15) is 0 Å². The van der Waals surface area contributed by atoms with E-state index in [0.717, 1.165) is 0 Å². The zero-order valence-electron chi connectivity index (χ0n) is 33.9. The van der Waals surface area contributed by atoms with Gasteiger partial charge >= 0.3 is 0 Å². The third-order valence-corrected chi connectivity index (χ3v) is 11.8. The summed E-state index contributed by atoms with van der Waals surface area (Å²) < 4.78 is 39.7. The first-order chi connectivity index (χ1) is 24.7. The number of nitrogens with one attached hydrogen (secondary N) is 2. The number of sulfonamides is 1. The molecule has 302 valence electrons. The van der Waals surface area contributed by atoms with Gasteiger partial charge in [0.1, 0.15) is 6.04 Å². The van der Waals surface area contributed by atoms with Crippen molar-refractivity contribution in [1.29, 1.82) is 0 Å². The summed E-state index contributed by atoms with van der Waals surface area (Å²) in [5.74, 6) is -2.97. The molecule has 2 rings (SSSR count). The number of nitrogen functional groups attached to an aromatic ring is 1. The molecule has 1 heterocycles. The van der Waals surface area contributed by atoms with Gasteiger partial charge in [-0.3, -0.25) is 28.8 Å². The smallest absolute Gasteiger partial charge is 0.245 e. The molecule has 2 unspecified atom stereocenters. The highest BCUT2D eigenvalue weighted by Gasteiger charge is 2.43. The minimum Gasteiger partial charge on any atom is -0.399 e. The van der Waals surface area contributed by atoms with Crippen LogP contribution in [0, 0.1) is 23.7 Å². The Balaban J connectivity index is 2.26. The first-order valence-electron chi connectivity index (χ1n) is 18.7. The molecule has 1 saturated heterocycles. The lowest BCUT2D eigenvalue weighted by Gasteiger charge is -2.41. The summed E-state index contributed by atoms with van der Waals surface area (Å²) in [5.41, 5.74) is 6.68. The van der Waals surface area contributed by atoms with Gasteiger partial charge in [0.25, 0.3) is 0 Å². The Morgan fingerprint density at radius 1 is 0.943 bits per heavy atom. The maximum absolute atomic E-state index is 14.2. The number of methoxy groups -OCH3 is 2. The summed E-state index contributed by atoms with van der Waals surface area (Å²) >= 11 is 0. The lowest BCUT2D eigenvalue weighted by atomic mass is 9.89. The van der Waals surface area contributed by atoms with Gasteiger partial charge in [-0.05, 0) is 62.4 Å². The van der Waals surface area contributed by atoms with Crippen molar-refractivity contribution in [2.45, 2.75) is 116 Å². The van der Waals surface area contributed by atoms with Crippen LogP contribution in [-0.2, 0) is 44.4 Å². The monoisotopic (exact) mass is 766 g/mol. The average Bonchev–Trinajstić information content (AvgIpc) is 3.56. The standard InChI is InChI=1S/C38H66N6O8S/c1-13-25(6)34(43(10)38(48)32(23(2)3)40-37(47)33(24(4)5)42(8)9)30(51-11)21-31(45)44-20-14-15-29(44)35(52-12)26(7)36(46)41-53(49,50)22-27-16-18-28(39)19-17-27/h16-19,23-26,29-30,32-35H,13-15,20-22,39H2,1-12H3,(H,40,47)(H,41,46)/t25-,26+,29-,30+,32?,33?,34-,35+/m0/s1. The third-order valence-electron chi connectivity index (χ3n) is 10.5. The minimum atomic E-state index is -4.02. The molecule has 4 amide bonds. The maximum atomic E-state index is 14.2. The van der Waals surface area contributed by atoms with Crippen LogP contribution in [0.5, 0.6) is 0 Å². The second-order valence-corrected chi connectivity index (χ2v) is 17.2. The maximum Gasteiger partial charge on any atom is 0.245 e. The fraction of sp³-hybridized carbons (Fsp3) is 0.737. The first kappa shape index (κ1) is 45.9. The summed E-state index contributed by atoms with van der Waals surface area (Å²) in [6.07, 6.45) is 0.437.